The molecular formula is C14H18ClNO2. The summed E-state index contributed by atoms with van der Waals surface area (Å²) < 4.78 is 5.26. The van der Waals surface area contributed by atoms with Gasteiger partial charge < -0.3 is 9.64 Å². The lowest BCUT2D eigenvalue weighted by Gasteiger charge is -2.27. The van der Waals surface area contributed by atoms with Crippen LogP contribution in [0.4, 0.5) is 0 Å². The van der Waals surface area contributed by atoms with Gasteiger partial charge in [-0.1, -0.05) is 23.7 Å². The zero-order chi connectivity index (χ0) is 13.2. The minimum absolute atomic E-state index is 0.142. The summed E-state index contributed by atoms with van der Waals surface area (Å²) in [6.07, 6.45) is 0.780. The molecule has 1 unspecified atom stereocenters. The van der Waals surface area contributed by atoms with Crippen LogP contribution in [0.15, 0.2) is 24.3 Å². The summed E-state index contributed by atoms with van der Waals surface area (Å²) in [7, 11) is 2.02. The van der Waals surface area contributed by atoms with Gasteiger partial charge in [0.15, 0.2) is 0 Å². The number of benzene rings is 1. The van der Waals surface area contributed by atoms with Gasteiger partial charge in [0.2, 0.25) is 0 Å². The largest absolute Gasteiger partial charge is 0.465 e. The van der Waals surface area contributed by atoms with E-state index in [4.69, 9.17) is 16.3 Å². The Hall–Kier alpha value is -1.06. The van der Waals surface area contributed by atoms with E-state index < -0.39 is 5.41 Å². The van der Waals surface area contributed by atoms with Crippen molar-refractivity contribution in [2.24, 2.45) is 0 Å². The zero-order valence-corrected chi connectivity index (χ0v) is 11.5. The maximum absolute atomic E-state index is 12.3. The van der Waals surface area contributed by atoms with Crippen LogP contribution in [-0.4, -0.2) is 37.6 Å². The van der Waals surface area contributed by atoms with E-state index in [0.717, 1.165) is 18.5 Å². The molecule has 0 saturated carbocycles. The van der Waals surface area contributed by atoms with Crippen molar-refractivity contribution in [1.82, 2.24) is 4.90 Å². The summed E-state index contributed by atoms with van der Waals surface area (Å²) in [5.41, 5.74) is 0.396. The number of carbonyl (C=O) groups excluding carboxylic acids is 1. The van der Waals surface area contributed by atoms with E-state index in [0.29, 0.717) is 18.2 Å². The first kappa shape index (κ1) is 13.4. The molecule has 1 aliphatic rings. The molecule has 1 fully saturated rings. The van der Waals surface area contributed by atoms with E-state index in [-0.39, 0.29) is 5.97 Å². The fraction of sp³-hybridized carbons (Fsp3) is 0.500. The maximum Gasteiger partial charge on any atom is 0.317 e. The summed E-state index contributed by atoms with van der Waals surface area (Å²) >= 11 is 6.04. The molecule has 1 aromatic carbocycles. The van der Waals surface area contributed by atoms with E-state index in [1.54, 1.807) is 0 Å². The molecule has 1 atom stereocenters. The van der Waals surface area contributed by atoms with Gasteiger partial charge in [-0.05, 0) is 44.6 Å². The molecule has 2 rings (SSSR count). The number of hydrogen-bond acceptors (Lipinski definition) is 3. The highest BCUT2D eigenvalue weighted by Gasteiger charge is 2.46. The van der Waals surface area contributed by atoms with Gasteiger partial charge in [-0.2, -0.15) is 0 Å². The Morgan fingerprint density at radius 2 is 2.33 bits per heavy atom. The van der Waals surface area contributed by atoms with E-state index in [9.17, 15) is 4.79 Å². The third kappa shape index (κ3) is 2.38. The molecule has 1 aliphatic heterocycles. The summed E-state index contributed by atoms with van der Waals surface area (Å²) in [6, 6.07) is 7.54. The number of esters is 1. The van der Waals surface area contributed by atoms with Crippen LogP contribution in [0.3, 0.4) is 0 Å². The molecule has 1 saturated heterocycles. The average Bonchev–Trinajstić information content (AvgIpc) is 2.73. The average molecular weight is 268 g/mol. The monoisotopic (exact) mass is 267 g/mol. The van der Waals surface area contributed by atoms with Gasteiger partial charge >= 0.3 is 5.97 Å². The number of likely N-dealkylation sites (N-methyl/N-ethyl adjacent to an activating group) is 1. The number of ether oxygens (including phenoxy) is 1. The third-order valence-electron chi connectivity index (χ3n) is 3.50. The molecule has 0 radical (unpaired) electrons. The predicted octanol–water partition coefficient (Wildman–Crippen LogP) is 2.48. The van der Waals surface area contributed by atoms with Crippen LogP contribution in [0.5, 0.6) is 0 Å². The summed E-state index contributed by atoms with van der Waals surface area (Å²) in [4.78, 5) is 14.5. The molecule has 4 heteroatoms. The predicted molar refractivity (Wildman–Crippen MR) is 71.9 cm³/mol. The molecule has 0 aliphatic carbocycles. The zero-order valence-electron chi connectivity index (χ0n) is 10.8. The van der Waals surface area contributed by atoms with E-state index in [1.165, 1.54) is 0 Å². The number of rotatable bonds is 3. The number of carbonyl (C=O) groups is 1. The van der Waals surface area contributed by atoms with Crippen molar-refractivity contribution in [2.75, 3.05) is 26.7 Å². The minimum Gasteiger partial charge on any atom is -0.465 e. The highest BCUT2D eigenvalue weighted by Crippen LogP contribution is 2.36. The van der Waals surface area contributed by atoms with Gasteiger partial charge in [-0.25, -0.2) is 0 Å². The molecule has 0 spiro atoms. The van der Waals surface area contributed by atoms with Crippen LogP contribution < -0.4 is 0 Å². The maximum atomic E-state index is 12.3. The smallest absolute Gasteiger partial charge is 0.317 e. The topological polar surface area (TPSA) is 29.5 Å². The molecular weight excluding hydrogens is 250 g/mol. The third-order valence-corrected chi connectivity index (χ3v) is 3.74. The van der Waals surface area contributed by atoms with Crippen LogP contribution in [0.1, 0.15) is 18.9 Å². The van der Waals surface area contributed by atoms with Crippen molar-refractivity contribution in [2.45, 2.75) is 18.8 Å². The quantitative estimate of drug-likeness (QED) is 0.788. The second-order valence-corrected chi connectivity index (χ2v) is 5.24. The lowest BCUT2D eigenvalue weighted by Crippen LogP contribution is -2.39. The fourth-order valence-corrected chi connectivity index (χ4v) is 2.77. The Balaban J connectivity index is 2.39. The van der Waals surface area contributed by atoms with Crippen LogP contribution in [-0.2, 0) is 14.9 Å². The molecule has 18 heavy (non-hydrogen) atoms. The second kappa shape index (κ2) is 5.29. The molecule has 0 aromatic heterocycles. The van der Waals surface area contributed by atoms with Crippen LogP contribution in [0.25, 0.3) is 0 Å². The lowest BCUT2D eigenvalue weighted by atomic mass is 9.79. The first-order valence-electron chi connectivity index (χ1n) is 6.20. The van der Waals surface area contributed by atoms with Crippen molar-refractivity contribution in [3.8, 4) is 0 Å². The fourth-order valence-electron chi connectivity index (χ4n) is 2.58. The standard InChI is InChI=1S/C14H18ClNO2/c1-3-18-13(17)14(7-8-16(2)10-14)11-5-4-6-12(15)9-11/h4-6,9H,3,7-8,10H2,1-2H3. The Labute approximate surface area is 113 Å². The molecule has 1 heterocycles. The van der Waals surface area contributed by atoms with Crippen LogP contribution >= 0.6 is 11.6 Å². The SMILES string of the molecule is CCOC(=O)C1(c2cccc(Cl)c2)CCN(C)C1. The van der Waals surface area contributed by atoms with Gasteiger partial charge in [-0.3, -0.25) is 4.79 Å². The lowest BCUT2D eigenvalue weighted by molar-refractivity contribution is -0.149. The first-order chi connectivity index (χ1) is 8.58. The van der Waals surface area contributed by atoms with E-state index in [1.807, 2.05) is 38.2 Å². The molecule has 0 amide bonds. The highest BCUT2D eigenvalue weighted by atomic mass is 35.5. The van der Waals surface area contributed by atoms with Crippen molar-refractivity contribution < 1.29 is 9.53 Å². The van der Waals surface area contributed by atoms with Gasteiger partial charge in [0.25, 0.3) is 0 Å². The number of nitrogens with zero attached hydrogens (tertiary/aromatic N) is 1. The Kier molecular flexibility index (Phi) is 3.93. The Morgan fingerprint density at radius 3 is 2.89 bits per heavy atom. The Bertz CT molecular complexity index is 449. The number of halogens is 1. The van der Waals surface area contributed by atoms with Crippen molar-refractivity contribution in [3.63, 3.8) is 0 Å². The number of likely N-dealkylation sites (tertiary alicyclic amines) is 1. The number of hydrogen-bond donors (Lipinski definition) is 0. The van der Waals surface area contributed by atoms with E-state index >= 15 is 0 Å². The summed E-state index contributed by atoms with van der Waals surface area (Å²) in [5.74, 6) is -0.142. The highest BCUT2D eigenvalue weighted by molar-refractivity contribution is 6.30. The van der Waals surface area contributed by atoms with Crippen molar-refractivity contribution in [1.29, 1.82) is 0 Å². The molecule has 0 N–H and O–H groups in total. The van der Waals surface area contributed by atoms with Gasteiger partial charge in [0, 0.05) is 11.6 Å². The van der Waals surface area contributed by atoms with Crippen LogP contribution in [0, 0.1) is 0 Å². The van der Waals surface area contributed by atoms with Gasteiger partial charge in [0.05, 0.1) is 6.61 Å². The molecule has 98 valence electrons. The van der Waals surface area contributed by atoms with Gasteiger partial charge in [-0.15, -0.1) is 0 Å². The van der Waals surface area contributed by atoms with Gasteiger partial charge in [0.1, 0.15) is 5.41 Å². The second-order valence-electron chi connectivity index (χ2n) is 4.80. The normalized spacial score (nSPS) is 24.2. The molecule has 3 nitrogen and oxygen atoms in total. The Morgan fingerprint density at radius 1 is 1.56 bits per heavy atom. The first-order valence-corrected chi connectivity index (χ1v) is 6.58. The van der Waals surface area contributed by atoms with Crippen molar-refractivity contribution >= 4 is 17.6 Å². The molecule has 0 bridgehead atoms. The summed E-state index contributed by atoms with van der Waals surface area (Å²) in [5, 5.41) is 0.658. The molecule has 1 aromatic rings. The van der Waals surface area contributed by atoms with Crippen LogP contribution in [0.2, 0.25) is 5.02 Å². The van der Waals surface area contributed by atoms with E-state index in [2.05, 4.69) is 4.90 Å². The minimum atomic E-state index is -0.560. The summed E-state index contributed by atoms with van der Waals surface area (Å²) in [6.45, 7) is 3.82. The van der Waals surface area contributed by atoms with Crippen molar-refractivity contribution in [3.05, 3.63) is 34.9 Å².